The first-order valence-corrected chi connectivity index (χ1v) is 11.7. The average Bonchev–Trinajstić information content (AvgIpc) is 3.10. The largest absolute Gasteiger partial charge is 0.494 e. The van der Waals surface area contributed by atoms with Crippen LogP contribution in [0.5, 0.6) is 5.75 Å². The van der Waals surface area contributed by atoms with E-state index in [9.17, 15) is 14.4 Å². The molecule has 2 heterocycles. The predicted octanol–water partition coefficient (Wildman–Crippen LogP) is 5.27. The first kappa shape index (κ1) is 22.2. The highest BCUT2D eigenvalue weighted by atomic mass is 35.5. The number of carbonyl (C=O) groups is 3. The maximum absolute atomic E-state index is 13.4. The fraction of sp³-hybridized carbons (Fsp3) is 0.222. The second kappa shape index (κ2) is 8.95. The minimum absolute atomic E-state index is 0.315. The Morgan fingerprint density at radius 1 is 0.794 bits per heavy atom. The molecule has 3 aromatic rings. The zero-order valence-electron chi connectivity index (χ0n) is 18.6. The molecule has 34 heavy (non-hydrogen) atoms. The van der Waals surface area contributed by atoms with Gasteiger partial charge in [-0.2, -0.15) is 0 Å². The van der Waals surface area contributed by atoms with Crippen molar-refractivity contribution in [3.8, 4) is 5.75 Å². The van der Waals surface area contributed by atoms with Crippen LogP contribution >= 0.6 is 11.6 Å². The molecule has 0 saturated carbocycles. The van der Waals surface area contributed by atoms with Gasteiger partial charge in [0.15, 0.2) is 0 Å². The maximum atomic E-state index is 13.4. The molecule has 172 valence electrons. The molecule has 0 aliphatic carbocycles. The van der Waals surface area contributed by atoms with Gasteiger partial charge in [-0.25, -0.2) is 0 Å². The van der Waals surface area contributed by atoms with E-state index in [-0.39, 0.29) is 5.91 Å². The Labute approximate surface area is 202 Å². The summed E-state index contributed by atoms with van der Waals surface area (Å²) in [6, 6.07) is 19.6. The fourth-order valence-electron chi connectivity index (χ4n) is 4.50. The maximum Gasteiger partial charge on any atom is 0.262 e. The molecule has 0 N–H and O–H groups in total. The lowest BCUT2D eigenvalue weighted by Crippen LogP contribution is -2.67. The first-order valence-electron chi connectivity index (χ1n) is 11.3. The van der Waals surface area contributed by atoms with E-state index in [1.807, 2.05) is 24.3 Å². The highest BCUT2D eigenvalue weighted by Crippen LogP contribution is 2.44. The number of rotatable bonds is 7. The monoisotopic (exact) mass is 474 g/mol. The normalized spacial score (nSPS) is 19.3. The van der Waals surface area contributed by atoms with Crippen LogP contribution in [0.2, 0.25) is 5.02 Å². The Hall–Kier alpha value is -3.64. The number of β-lactam (4-membered cyclic amide) rings is 1. The fourth-order valence-corrected chi connectivity index (χ4v) is 4.63. The van der Waals surface area contributed by atoms with Gasteiger partial charge in [-0.3, -0.25) is 19.3 Å². The molecule has 0 radical (unpaired) electrons. The number of ether oxygens (including phenoxy) is 1. The lowest BCUT2D eigenvalue weighted by molar-refractivity contribution is -0.130. The second-order valence-electron chi connectivity index (χ2n) is 8.37. The zero-order chi connectivity index (χ0) is 23.8. The summed E-state index contributed by atoms with van der Waals surface area (Å²) in [6.07, 6.45) is 2.01. The second-order valence-corrected chi connectivity index (χ2v) is 8.81. The van der Waals surface area contributed by atoms with Crippen molar-refractivity contribution >= 4 is 35.0 Å². The number of hydrogen-bond donors (Lipinski definition) is 0. The smallest absolute Gasteiger partial charge is 0.262 e. The molecule has 6 nitrogen and oxygen atoms in total. The summed E-state index contributed by atoms with van der Waals surface area (Å²) in [5.74, 6) is -0.471. The third-order valence-corrected chi connectivity index (χ3v) is 6.52. The predicted molar refractivity (Wildman–Crippen MR) is 129 cm³/mol. The molecule has 2 aliphatic heterocycles. The zero-order valence-corrected chi connectivity index (χ0v) is 19.4. The number of benzene rings is 3. The highest BCUT2D eigenvalue weighted by molar-refractivity contribution is 6.30. The van der Waals surface area contributed by atoms with E-state index in [1.165, 1.54) is 0 Å². The average molecular weight is 475 g/mol. The summed E-state index contributed by atoms with van der Waals surface area (Å²) in [6.45, 7) is 2.73. The summed E-state index contributed by atoms with van der Waals surface area (Å²) in [5.41, 5.74) is 2.10. The topological polar surface area (TPSA) is 66.9 Å². The molecule has 5 rings (SSSR count). The third kappa shape index (κ3) is 3.64. The van der Waals surface area contributed by atoms with Gasteiger partial charge in [0.2, 0.25) is 0 Å². The van der Waals surface area contributed by atoms with Crippen LogP contribution in [0.1, 0.15) is 52.1 Å². The Balaban J connectivity index is 1.50. The summed E-state index contributed by atoms with van der Waals surface area (Å²) in [7, 11) is 0. The number of fused-ring (bicyclic) bond motifs is 1. The Kier molecular flexibility index (Phi) is 5.84. The molecule has 1 saturated heterocycles. The summed E-state index contributed by atoms with van der Waals surface area (Å²) < 4.78 is 5.77. The molecule has 7 heteroatoms. The first-order chi connectivity index (χ1) is 16.5. The van der Waals surface area contributed by atoms with Crippen molar-refractivity contribution < 1.29 is 19.1 Å². The molecule has 0 aromatic heterocycles. The van der Waals surface area contributed by atoms with E-state index in [0.29, 0.717) is 28.4 Å². The van der Waals surface area contributed by atoms with E-state index in [2.05, 4.69) is 6.92 Å². The minimum atomic E-state index is -0.935. The molecule has 0 spiro atoms. The molecule has 0 unspecified atom stereocenters. The number of nitrogens with zero attached hydrogens (tertiary/aromatic N) is 2. The molecular formula is C27H23ClN2O4. The van der Waals surface area contributed by atoms with Crippen LogP contribution in [0, 0.1) is 0 Å². The van der Waals surface area contributed by atoms with Gasteiger partial charge in [-0.05, 0) is 60.5 Å². The number of halogens is 1. The van der Waals surface area contributed by atoms with Crippen molar-refractivity contribution in [1.29, 1.82) is 0 Å². The Bertz CT molecular complexity index is 1220. The Morgan fingerprint density at radius 3 is 2.00 bits per heavy atom. The number of anilines is 1. The van der Waals surface area contributed by atoms with Gasteiger partial charge >= 0.3 is 0 Å². The molecule has 3 amide bonds. The number of carbonyl (C=O) groups excluding carboxylic acids is 3. The van der Waals surface area contributed by atoms with E-state index in [0.717, 1.165) is 29.1 Å². The van der Waals surface area contributed by atoms with Crippen molar-refractivity contribution in [2.75, 3.05) is 11.5 Å². The number of imide groups is 1. The number of hydrogen-bond acceptors (Lipinski definition) is 4. The highest BCUT2D eigenvalue weighted by Gasteiger charge is 2.57. The van der Waals surface area contributed by atoms with Gasteiger partial charge in [-0.15, -0.1) is 0 Å². The van der Waals surface area contributed by atoms with E-state index in [1.54, 1.807) is 53.4 Å². The van der Waals surface area contributed by atoms with Crippen molar-refractivity contribution in [1.82, 2.24) is 4.90 Å². The van der Waals surface area contributed by atoms with Crippen LogP contribution in [0.3, 0.4) is 0 Å². The van der Waals surface area contributed by atoms with E-state index < -0.39 is 23.9 Å². The van der Waals surface area contributed by atoms with Crippen LogP contribution in [0.4, 0.5) is 5.69 Å². The lowest BCUT2D eigenvalue weighted by atomic mass is 9.86. The number of unbranched alkanes of at least 4 members (excludes halogenated alkanes) is 1. The SMILES string of the molecule is CCCCOc1ccc([C@@H]2[C@H](N3C(=O)c4ccccc4C3=O)C(=O)N2c2ccc(Cl)cc2)cc1. The van der Waals surface area contributed by atoms with Crippen LogP contribution in [-0.4, -0.2) is 35.3 Å². The van der Waals surface area contributed by atoms with Crippen molar-refractivity contribution in [3.05, 3.63) is 94.5 Å². The van der Waals surface area contributed by atoms with Gasteiger partial charge in [0.1, 0.15) is 11.8 Å². The number of amides is 3. The quantitative estimate of drug-likeness (QED) is 0.266. The van der Waals surface area contributed by atoms with Crippen molar-refractivity contribution in [2.24, 2.45) is 0 Å². The van der Waals surface area contributed by atoms with Gasteiger partial charge in [0.05, 0.1) is 23.8 Å². The summed E-state index contributed by atoms with van der Waals surface area (Å²) in [5, 5.41) is 0.554. The van der Waals surface area contributed by atoms with E-state index in [4.69, 9.17) is 16.3 Å². The molecular weight excluding hydrogens is 452 g/mol. The molecule has 3 aromatic carbocycles. The standard InChI is InChI=1S/C27H23ClN2O4/c1-2-3-16-34-20-14-8-17(9-15-20)23-24(27(33)29(23)19-12-10-18(28)11-13-19)30-25(31)21-6-4-5-7-22(21)26(30)32/h4-15,23-24H,2-3,16H2,1H3/t23-,24+/m1/s1. The van der Waals surface area contributed by atoms with Gasteiger partial charge < -0.3 is 9.64 Å². The molecule has 2 aliphatic rings. The minimum Gasteiger partial charge on any atom is -0.494 e. The molecule has 0 bridgehead atoms. The molecule has 1 fully saturated rings. The van der Waals surface area contributed by atoms with E-state index >= 15 is 0 Å². The van der Waals surface area contributed by atoms with Gasteiger partial charge in [0, 0.05) is 10.7 Å². The van der Waals surface area contributed by atoms with Crippen LogP contribution in [0.25, 0.3) is 0 Å². The summed E-state index contributed by atoms with van der Waals surface area (Å²) in [4.78, 5) is 42.4. The molecule has 2 atom stereocenters. The lowest BCUT2D eigenvalue weighted by Gasteiger charge is -2.49. The third-order valence-electron chi connectivity index (χ3n) is 6.26. The van der Waals surface area contributed by atoms with Crippen molar-refractivity contribution in [3.63, 3.8) is 0 Å². The van der Waals surface area contributed by atoms with Crippen LogP contribution < -0.4 is 9.64 Å². The van der Waals surface area contributed by atoms with Crippen LogP contribution in [-0.2, 0) is 4.79 Å². The van der Waals surface area contributed by atoms with Gasteiger partial charge in [0.25, 0.3) is 17.7 Å². The Morgan fingerprint density at radius 2 is 1.41 bits per heavy atom. The van der Waals surface area contributed by atoms with Crippen molar-refractivity contribution in [2.45, 2.75) is 31.8 Å². The van der Waals surface area contributed by atoms with Crippen LogP contribution in [0.15, 0.2) is 72.8 Å². The van der Waals surface area contributed by atoms with Gasteiger partial charge in [-0.1, -0.05) is 49.2 Å². The summed E-state index contributed by atoms with van der Waals surface area (Å²) >= 11 is 6.04.